The van der Waals surface area contributed by atoms with Crippen molar-refractivity contribution >= 4 is 10.0 Å². The zero-order valence-corrected chi connectivity index (χ0v) is 15.9. The van der Waals surface area contributed by atoms with Gasteiger partial charge in [0.05, 0.1) is 18.1 Å². The number of ether oxygens (including phenoxy) is 2. The molecule has 0 aliphatic heterocycles. The number of aryl methyl sites for hydroxylation is 1. The van der Waals surface area contributed by atoms with Crippen molar-refractivity contribution < 1.29 is 17.9 Å². The molecule has 0 spiro atoms. The highest BCUT2D eigenvalue weighted by molar-refractivity contribution is 7.89. The smallest absolute Gasteiger partial charge is 0.240 e. The Balaban J connectivity index is 2.14. The lowest BCUT2D eigenvalue weighted by Crippen LogP contribution is -2.23. The van der Waals surface area contributed by atoms with Crippen LogP contribution in [-0.2, 0) is 23.0 Å². The molecule has 5 nitrogen and oxygen atoms in total. The fourth-order valence-electron chi connectivity index (χ4n) is 2.46. The van der Waals surface area contributed by atoms with Gasteiger partial charge in [-0.1, -0.05) is 19.1 Å². The number of benzene rings is 2. The summed E-state index contributed by atoms with van der Waals surface area (Å²) in [4.78, 5) is 0.236. The van der Waals surface area contributed by atoms with E-state index in [2.05, 4.69) is 4.72 Å². The molecule has 0 saturated heterocycles. The van der Waals surface area contributed by atoms with E-state index in [9.17, 15) is 8.42 Å². The lowest BCUT2D eigenvalue weighted by molar-refractivity contribution is 0.242. The van der Waals surface area contributed by atoms with Gasteiger partial charge in [0.25, 0.3) is 0 Å². The van der Waals surface area contributed by atoms with Crippen LogP contribution < -0.4 is 14.2 Å². The molecular formula is C19H25NO4S. The Morgan fingerprint density at radius 1 is 1.12 bits per heavy atom. The van der Waals surface area contributed by atoms with Crippen molar-refractivity contribution in [3.05, 3.63) is 53.6 Å². The molecule has 25 heavy (non-hydrogen) atoms. The minimum absolute atomic E-state index is 0.0682. The molecule has 0 atom stereocenters. The summed E-state index contributed by atoms with van der Waals surface area (Å²) in [5.41, 5.74) is 1.70. The summed E-state index contributed by atoms with van der Waals surface area (Å²) in [7, 11) is -2.02. The molecule has 0 fully saturated rings. The second-order valence-corrected chi connectivity index (χ2v) is 7.73. The van der Waals surface area contributed by atoms with Crippen LogP contribution in [0.3, 0.4) is 0 Å². The van der Waals surface area contributed by atoms with Crippen LogP contribution in [0.25, 0.3) is 0 Å². The Bertz CT molecular complexity index is 816. The van der Waals surface area contributed by atoms with Crippen molar-refractivity contribution in [1.82, 2.24) is 4.72 Å². The number of rotatable bonds is 8. The Kier molecular flexibility index (Phi) is 6.45. The number of nitrogens with one attached hydrogen (secondary N) is 1. The summed E-state index contributed by atoms with van der Waals surface area (Å²) < 4.78 is 38.6. The van der Waals surface area contributed by atoms with Crippen molar-refractivity contribution in [2.45, 2.75) is 44.7 Å². The van der Waals surface area contributed by atoms with Crippen LogP contribution in [0.15, 0.2) is 47.4 Å². The minimum atomic E-state index is -3.60. The predicted molar refractivity (Wildman–Crippen MR) is 98.6 cm³/mol. The molecular weight excluding hydrogens is 338 g/mol. The topological polar surface area (TPSA) is 64.6 Å². The van der Waals surface area contributed by atoms with Crippen LogP contribution in [0.2, 0.25) is 0 Å². The Hall–Kier alpha value is -2.05. The van der Waals surface area contributed by atoms with Gasteiger partial charge in [0.2, 0.25) is 10.0 Å². The van der Waals surface area contributed by atoms with Crippen molar-refractivity contribution in [3.63, 3.8) is 0 Å². The van der Waals surface area contributed by atoms with Gasteiger partial charge in [0.15, 0.2) is 0 Å². The average molecular weight is 363 g/mol. The highest BCUT2D eigenvalue weighted by atomic mass is 32.2. The minimum Gasteiger partial charge on any atom is -0.496 e. The van der Waals surface area contributed by atoms with Crippen LogP contribution in [0, 0.1) is 0 Å². The highest BCUT2D eigenvalue weighted by Gasteiger charge is 2.16. The molecule has 6 heteroatoms. The monoisotopic (exact) mass is 363 g/mol. The van der Waals surface area contributed by atoms with Gasteiger partial charge in [0.1, 0.15) is 11.5 Å². The first-order chi connectivity index (χ1) is 11.9. The van der Waals surface area contributed by atoms with Crippen LogP contribution in [0.1, 0.15) is 31.9 Å². The van der Waals surface area contributed by atoms with Gasteiger partial charge >= 0.3 is 0 Å². The lowest BCUT2D eigenvalue weighted by atomic mass is 10.1. The number of hydrogen-bond acceptors (Lipinski definition) is 4. The molecule has 1 N–H and O–H groups in total. The SMILES string of the molecule is CCc1cc(S(=O)(=O)NCc2cccc(OC(C)C)c2)ccc1OC. The lowest BCUT2D eigenvalue weighted by Gasteiger charge is -2.12. The van der Waals surface area contributed by atoms with Crippen molar-refractivity contribution in [1.29, 1.82) is 0 Å². The summed E-state index contributed by atoms with van der Waals surface area (Å²) in [5.74, 6) is 1.42. The van der Waals surface area contributed by atoms with E-state index in [1.54, 1.807) is 25.3 Å². The first-order valence-electron chi connectivity index (χ1n) is 8.28. The molecule has 0 aliphatic carbocycles. The van der Waals surface area contributed by atoms with Gasteiger partial charge in [-0.05, 0) is 61.7 Å². The maximum absolute atomic E-state index is 12.6. The normalized spacial score (nSPS) is 11.6. The van der Waals surface area contributed by atoms with Crippen molar-refractivity contribution in [2.24, 2.45) is 0 Å². The highest BCUT2D eigenvalue weighted by Crippen LogP contribution is 2.23. The fraction of sp³-hybridized carbons (Fsp3) is 0.368. The maximum Gasteiger partial charge on any atom is 0.240 e. The summed E-state index contributed by atoms with van der Waals surface area (Å²) >= 11 is 0. The quantitative estimate of drug-likeness (QED) is 0.779. The van der Waals surface area contributed by atoms with Gasteiger partial charge in [-0.2, -0.15) is 0 Å². The second-order valence-electron chi connectivity index (χ2n) is 5.97. The first kappa shape index (κ1) is 19.3. The number of hydrogen-bond donors (Lipinski definition) is 1. The third-order valence-electron chi connectivity index (χ3n) is 3.68. The van der Waals surface area contributed by atoms with E-state index in [0.717, 1.165) is 16.9 Å². The van der Waals surface area contributed by atoms with E-state index >= 15 is 0 Å². The average Bonchev–Trinajstić information content (AvgIpc) is 2.59. The Morgan fingerprint density at radius 2 is 1.88 bits per heavy atom. The molecule has 0 unspecified atom stereocenters. The largest absolute Gasteiger partial charge is 0.496 e. The summed E-state index contributed by atoms with van der Waals surface area (Å²) in [5, 5.41) is 0. The molecule has 2 aromatic rings. The second kappa shape index (κ2) is 8.36. The molecule has 0 amide bonds. The van der Waals surface area contributed by atoms with Gasteiger partial charge in [0, 0.05) is 6.54 Å². The number of sulfonamides is 1. The van der Waals surface area contributed by atoms with E-state index in [4.69, 9.17) is 9.47 Å². The number of methoxy groups -OCH3 is 1. The molecule has 0 saturated carbocycles. The summed E-state index contributed by atoms with van der Waals surface area (Å²) in [6.07, 6.45) is 0.764. The van der Waals surface area contributed by atoms with E-state index in [1.165, 1.54) is 0 Å². The molecule has 0 bridgehead atoms. The maximum atomic E-state index is 12.6. The van der Waals surface area contributed by atoms with Crippen LogP contribution in [0.5, 0.6) is 11.5 Å². The van der Waals surface area contributed by atoms with Gasteiger partial charge in [-0.25, -0.2) is 13.1 Å². The van der Waals surface area contributed by atoms with Crippen LogP contribution in [-0.4, -0.2) is 21.6 Å². The standard InChI is InChI=1S/C19H25NO4S/c1-5-16-12-18(9-10-19(16)23-4)25(21,22)20-13-15-7-6-8-17(11-15)24-14(2)3/h6-12,14,20H,5,13H2,1-4H3. The molecule has 0 aromatic heterocycles. The molecule has 0 heterocycles. The molecule has 136 valence electrons. The summed E-state index contributed by atoms with van der Waals surface area (Å²) in [6, 6.07) is 12.3. The van der Waals surface area contributed by atoms with E-state index < -0.39 is 10.0 Å². The van der Waals surface area contributed by atoms with E-state index in [1.807, 2.05) is 45.0 Å². The van der Waals surface area contributed by atoms with Gasteiger partial charge < -0.3 is 9.47 Å². The molecule has 0 radical (unpaired) electrons. The molecule has 2 rings (SSSR count). The van der Waals surface area contributed by atoms with Gasteiger partial charge in [-0.3, -0.25) is 0 Å². The van der Waals surface area contributed by atoms with Crippen molar-refractivity contribution in [2.75, 3.05) is 7.11 Å². The third-order valence-corrected chi connectivity index (χ3v) is 5.08. The van der Waals surface area contributed by atoms with Crippen LogP contribution in [0.4, 0.5) is 0 Å². The van der Waals surface area contributed by atoms with E-state index in [0.29, 0.717) is 12.2 Å². The third kappa shape index (κ3) is 5.21. The van der Waals surface area contributed by atoms with E-state index in [-0.39, 0.29) is 17.5 Å². The van der Waals surface area contributed by atoms with Crippen molar-refractivity contribution in [3.8, 4) is 11.5 Å². The molecule has 2 aromatic carbocycles. The first-order valence-corrected chi connectivity index (χ1v) is 9.76. The Morgan fingerprint density at radius 3 is 2.52 bits per heavy atom. The predicted octanol–water partition coefficient (Wildman–Crippen LogP) is 3.52. The Labute approximate surface area is 150 Å². The fourth-order valence-corrected chi connectivity index (χ4v) is 3.53. The zero-order chi connectivity index (χ0) is 18.4. The zero-order valence-electron chi connectivity index (χ0n) is 15.1. The van der Waals surface area contributed by atoms with Gasteiger partial charge in [-0.15, -0.1) is 0 Å². The summed E-state index contributed by atoms with van der Waals surface area (Å²) in [6.45, 7) is 6.06. The molecule has 0 aliphatic rings. The van der Waals surface area contributed by atoms with Crippen LogP contribution >= 0.6 is 0 Å².